The molecule has 0 aliphatic carbocycles. The van der Waals surface area contributed by atoms with E-state index in [0.29, 0.717) is 0 Å². The summed E-state index contributed by atoms with van der Waals surface area (Å²) in [5.41, 5.74) is 1.88. The molecule has 22 heavy (non-hydrogen) atoms. The predicted molar refractivity (Wildman–Crippen MR) is 90.7 cm³/mol. The minimum Gasteiger partial charge on any atom is -0.348 e. The van der Waals surface area contributed by atoms with Gasteiger partial charge in [-0.25, -0.2) is 4.98 Å². The Morgan fingerprint density at radius 1 is 1.32 bits per heavy atom. The number of hydrogen-bond donors (Lipinski definition) is 2. The van der Waals surface area contributed by atoms with Crippen LogP contribution in [0.4, 0.5) is 10.8 Å². The van der Waals surface area contributed by atoms with E-state index in [1.807, 2.05) is 18.2 Å². The first kappa shape index (κ1) is 14.0. The van der Waals surface area contributed by atoms with Crippen LogP contribution >= 0.6 is 11.3 Å². The molecule has 5 nitrogen and oxygen atoms in total. The summed E-state index contributed by atoms with van der Waals surface area (Å²) in [6, 6.07) is 5.95. The van der Waals surface area contributed by atoms with Gasteiger partial charge in [0.2, 0.25) is 5.91 Å². The van der Waals surface area contributed by atoms with Gasteiger partial charge in [-0.3, -0.25) is 4.79 Å². The van der Waals surface area contributed by atoms with Gasteiger partial charge in [-0.05, 0) is 50.4 Å². The Morgan fingerprint density at radius 2 is 2.18 bits per heavy atom. The minimum atomic E-state index is -0.0441. The van der Waals surface area contributed by atoms with Gasteiger partial charge >= 0.3 is 0 Å². The van der Waals surface area contributed by atoms with E-state index in [1.54, 1.807) is 11.3 Å². The molecular formula is C16H20N4OS. The maximum Gasteiger partial charge on any atom is 0.241 e. The standard InChI is InChI=1S/C16H20N4OS/c21-15(13-4-3-7-17-13)18-11-5-6-12-14(10-11)22-16(19-12)20-8-1-2-9-20/h5-6,10,13,17H,1-4,7-9H2,(H,18,21). The summed E-state index contributed by atoms with van der Waals surface area (Å²) in [5, 5.41) is 7.35. The molecule has 1 amide bonds. The Morgan fingerprint density at radius 3 is 2.95 bits per heavy atom. The molecule has 0 bridgehead atoms. The van der Waals surface area contributed by atoms with Crippen molar-refractivity contribution in [2.75, 3.05) is 29.9 Å². The fourth-order valence-corrected chi connectivity index (χ4v) is 4.23. The molecule has 6 heteroatoms. The van der Waals surface area contributed by atoms with Gasteiger partial charge in [0, 0.05) is 18.8 Å². The van der Waals surface area contributed by atoms with Crippen LogP contribution in [0, 0.1) is 0 Å². The lowest BCUT2D eigenvalue weighted by molar-refractivity contribution is -0.117. The Hall–Kier alpha value is -1.66. The summed E-state index contributed by atoms with van der Waals surface area (Å²) < 4.78 is 1.14. The maximum atomic E-state index is 12.2. The SMILES string of the molecule is O=C(Nc1ccc2nc(N3CCCC3)sc2c1)C1CCCN1. The number of nitrogens with one attached hydrogen (secondary N) is 2. The second kappa shape index (κ2) is 5.85. The number of aromatic nitrogens is 1. The molecule has 4 rings (SSSR count). The Bertz CT molecular complexity index is 687. The van der Waals surface area contributed by atoms with Crippen LogP contribution in [0.25, 0.3) is 10.2 Å². The van der Waals surface area contributed by atoms with E-state index in [-0.39, 0.29) is 11.9 Å². The summed E-state index contributed by atoms with van der Waals surface area (Å²) >= 11 is 1.72. The summed E-state index contributed by atoms with van der Waals surface area (Å²) in [7, 11) is 0. The Balaban J connectivity index is 1.53. The molecule has 1 aromatic heterocycles. The normalized spacial score (nSPS) is 21.6. The van der Waals surface area contributed by atoms with Gasteiger partial charge in [-0.1, -0.05) is 11.3 Å². The second-order valence-electron chi connectivity index (χ2n) is 6.01. The monoisotopic (exact) mass is 316 g/mol. The van der Waals surface area contributed by atoms with E-state index in [2.05, 4.69) is 15.5 Å². The van der Waals surface area contributed by atoms with Crippen molar-refractivity contribution in [3.8, 4) is 0 Å². The predicted octanol–water partition coefficient (Wildman–Crippen LogP) is 2.59. The average molecular weight is 316 g/mol. The zero-order valence-electron chi connectivity index (χ0n) is 12.5. The van der Waals surface area contributed by atoms with Crippen molar-refractivity contribution in [3.05, 3.63) is 18.2 Å². The van der Waals surface area contributed by atoms with Crippen molar-refractivity contribution in [1.29, 1.82) is 0 Å². The van der Waals surface area contributed by atoms with Crippen molar-refractivity contribution >= 4 is 38.3 Å². The summed E-state index contributed by atoms with van der Waals surface area (Å²) in [5.74, 6) is 0.0705. The molecule has 0 spiro atoms. The van der Waals surface area contributed by atoms with Crippen LogP contribution in [-0.2, 0) is 4.79 Å². The molecule has 1 atom stereocenters. The third kappa shape index (κ3) is 2.68. The van der Waals surface area contributed by atoms with Crippen LogP contribution in [0.3, 0.4) is 0 Å². The minimum absolute atomic E-state index is 0.0441. The van der Waals surface area contributed by atoms with Crippen molar-refractivity contribution in [3.63, 3.8) is 0 Å². The smallest absolute Gasteiger partial charge is 0.241 e. The average Bonchev–Trinajstić information content (AvgIpc) is 3.26. The molecule has 1 aromatic carbocycles. The third-order valence-electron chi connectivity index (χ3n) is 4.40. The van der Waals surface area contributed by atoms with Gasteiger partial charge in [0.15, 0.2) is 5.13 Å². The summed E-state index contributed by atoms with van der Waals surface area (Å²) in [6.45, 7) is 3.15. The van der Waals surface area contributed by atoms with Gasteiger partial charge in [0.25, 0.3) is 0 Å². The highest BCUT2D eigenvalue weighted by Gasteiger charge is 2.22. The number of amides is 1. The first-order valence-corrected chi connectivity index (χ1v) is 8.81. The highest BCUT2D eigenvalue weighted by Crippen LogP contribution is 2.32. The zero-order chi connectivity index (χ0) is 14.9. The number of fused-ring (bicyclic) bond motifs is 1. The van der Waals surface area contributed by atoms with Crippen LogP contribution in [0.2, 0.25) is 0 Å². The largest absolute Gasteiger partial charge is 0.348 e. The van der Waals surface area contributed by atoms with Gasteiger partial charge in [0.1, 0.15) is 0 Å². The van der Waals surface area contributed by atoms with Gasteiger partial charge in [0.05, 0.1) is 16.3 Å². The van der Waals surface area contributed by atoms with Gasteiger partial charge in [-0.2, -0.15) is 0 Å². The van der Waals surface area contributed by atoms with Crippen LogP contribution in [0.15, 0.2) is 18.2 Å². The molecule has 2 aliphatic heterocycles. The number of benzene rings is 1. The lowest BCUT2D eigenvalue weighted by Crippen LogP contribution is -2.35. The molecule has 2 aliphatic rings. The van der Waals surface area contributed by atoms with Crippen molar-refractivity contribution in [2.24, 2.45) is 0 Å². The van der Waals surface area contributed by atoms with Crippen LogP contribution in [0.5, 0.6) is 0 Å². The summed E-state index contributed by atoms with van der Waals surface area (Å²) in [4.78, 5) is 19.2. The van der Waals surface area contributed by atoms with E-state index in [4.69, 9.17) is 4.98 Å². The van der Waals surface area contributed by atoms with E-state index < -0.39 is 0 Å². The summed E-state index contributed by atoms with van der Waals surface area (Å²) in [6.07, 6.45) is 4.51. The zero-order valence-corrected chi connectivity index (χ0v) is 13.3. The fourth-order valence-electron chi connectivity index (χ4n) is 3.17. The molecule has 0 radical (unpaired) electrons. The number of carbonyl (C=O) groups is 1. The molecule has 2 saturated heterocycles. The molecule has 1 unspecified atom stereocenters. The number of rotatable bonds is 3. The molecule has 2 aromatic rings. The fraction of sp³-hybridized carbons (Fsp3) is 0.500. The molecule has 116 valence electrons. The maximum absolute atomic E-state index is 12.2. The first-order chi connectivity index (χ1) is 10.8. The number of hydrogen-bond acceptors (Lipinski definition) is 5. The molecule has 0 saturated carbocycles. The number of carbonyl (C=O) groups excluding carboxylic acids is 1. The topological polar surface area (TPSA) is 57.3 Å². The van der Waals surface area contributed by atoms with Crippen LogP contribution in [-0.4, -0.2) is 36.6 Å². The van der Waals surface area contributed by atoms with Crippen molar-refractivity contribution in [1.82, 2.24) is 10.3 Å². The second-order valence-corrected chi connectivity index (χ2v) is 7.02. The highest BCUT2D eigenvalue weighted by molar-refractivity contribution is 7.22. The van der Waals surface area contributed by atoms with Crippen LogP contribution in [0.1, 0.15) is 25.7 Å². The van der Waals surface area contributed by atoms with E-state index in [9.17, 15) is 4.79 Å². The molecular weight excluding hydrogens is 296 g/mol. The third-order valence-corrected chi connectivity index (χ3v) is 5.48. The molecule has 2 N–H and O–H groups in total. The Kier molecular flexibility index (Phi) is 3.72. The lowest BCUT2D eigenvalue weighted by atomic mass is 10.2. The van der Waals surface area contributed by atoms with Crippen molar-refractivity contribution < 1.29 is 4.79 Å². The first-order valence-electron chi connectivity index (χ1n) is 7.99. The number of anilines is 2. The van der Waals surface area contributed by atoms with Crippen molar-refractivity contribution in [2.45, 2.75) is 31.7 Å². The highest BCUT2D eigenvalue weighted by atomic mass is 32.1. The molecule has 2 fully saturated rings. The Labute approximate surface area is 133 Å². The number of nitrogens with zero attached hydrogens (tertiary/aromatic N) is 2. The van der Waals surface area contributed by atoms with E-state index in [0.717, 1.165) is 53.5 Å². The number of thiazole rings is 1. The van der Waals surface area contributed by atoms with E-state index in [1.165, 1.54) is 12.8 Å². The van der Waals surface area contributed by atoms with Gasteiger partial charge < -0.3 is 15.5 Å². The van der Waals surface area contributed by atoms with Gasteiger partial charge in [-0.15, -0.1) is 0 Å². The quantitative estimate of drug-likeness (QED) is 0.914. The lowest BCUT2D eigenvalue weighted by Gasteiger charge is -2.11. The van der Waals surface area contributed by atoms with E-state index >= 15 is 0 Å². The van der Waals surface area contributed by atoms with Crippen LogP contribution < -0.4 is 15.5 Å². The molecule has 3 heterocycles.